The first-order valence-corrected chi connectivity index (χ1v) is 6.33. The Kier molecular flexibility index (Phi) is 4.06. The van der Waals surface area contributed by atoms with Gasteiger partial charge in [0.15, 0.2) is 0 Å². The normalized spacial score (nSPS) is 10.4. The maximum absolute atomic E-state index is 11.1. The molecule has 0 atom stereocenters. The lowest BCUT2D eigenvalue weighted by Crippen LogP contribution is -2.12. The molecule has 2 aromatic rings. The van der Waals surface area contributed by atoms with Crippen molar-refractivity contribution in [3.8, 4) is 0 Å². The number of aromatic nitrogens is 2. The number of carbonyl (C=O) groups excluding carboxylic acids is 1. The zero-order valence-corrected chi connectivity index (χ0v) is 11.3. The highest BCUT2D eigenvalue weighted by Gasteiger charge is 2.07. The number of hydrogen-bond acceptors (Lipinski definition) is 3. The molecule has 0 saturated carbocycles. The highest BCUT2D eigenvalue weighted by molar-refractivity contribution is 6.34. The summed E-state index contributed by atoms with van der Waals surface area (Å²) in [6, 6.07) is 7.03. The molecule has 19 heavy (non-hydrogen) atoms. The van der Waals surface area contributed by atoms with Crippen molar-refractivity contribution in [2.75, 3.05) is 5.32 Å². The van der Waals surface area contributed by atoms with Crippen molar-refractivity contribution in [2.45, 2.75) is 20.0 Å². The number of nitrogens with one attached hydrogen (secondary N) is 1. The summed E-state index contributed by atoms with van der Waals surface area (Å²) in [4.78, 5) is 11.1. The van der Waals surface area contributed by atoms with E-state index in [1.807, 2.05) is 17.7 Å². The number of nitrogens with two attached hydrogens (primary N) is 1. The number of anilines is 1. The van der Waals surface area contributed by atoms with E-state index in [2.05, 4.69) is 10.4 Å². The average molecular weight is 279 g/mol. The number of hydrogen-bond donors (Lipinski definition) is 2. The minimum atomic E-state index is -0.527. The molecule has 0 unspecified atom stereocenters. The molecule has 1 aromatic heterocycles. The summed E-state index contributed by atoms with van der Waals surface area (Å²) in [7, 11) is 0. The van der Waals surface area contributed by atoms with Crippen LogP contribution in [0.5, 0.6) is 0 Å². The summed E-state index contributed by atoms with van der Waals surface area (Å²) in [6.45, 7) is 3.50. The van der Waals surface area contributed by atoms with Gasteiger partial charge < -0.3 is 11.1 Å². The summed E-state index contributed by atoms with van der Waals surface area (Å²) in [5.74, 6) is -0.527. The lowest BCUT2D eigenvalue weighted by molar-refractivity contribution is 0.100. The number of amides is 1. The molecule has 1 amide bonds. The fraction of sp³-hybridized carbons (Fsp3) is 0.231. The number of aryl methyl sites for hydroxylation is 1. The summed E-state index contributed by atoms with van der Waals surface area (Å²) in [6.07, 6.45) is 1.77. The van der Waals surface area contributed by atoms with E-state index in [4.69, 9.17) is 17.3 Å². The molecule has 0 aliphatic rings. The largest absolute Gasteiger partial charge is 0.379 e. The van der Waals surface area contributed by atoms with E-state index in [1.54, 1.807) is 24.4 Å². The van der Waals surface area contributed by atoms with Crippen molar-refractivity contribution in [3.05, 3.63) is 46.7 Å². The van der Waals surface area contributed by atoms with E-state index >= 15 is 0 Å². The quantitative estimate of drug-likeness (QED) is 0.881. The number of rotatable bonds is 5. The van der Waals surface area contributed by atoms with Gasteiger partial charge in [-0.1, -0.05) is 11.6 Å². The van der Waals surface area contributed by atoms with Crippen LogP contribution in [0.2, 0.25) is 5.02 Å². The molecule has 1 heterocycles. The second-order valence-electron chi connectivity index (χ2n) is 4.05. The van der Waals surface area contributed by atoms with E-state index in [0.717, 1.165) is 17.9 Å². The number of primary amides is 1. The Morgan fingerprint density at radius 3 is 2.89 bits per heavy atom. The summed E-state index contributed by atoms with van der Waals surface area (Å²) >= 11 is 5.99. The number of nitrogens with zero attached hydrogens (tertiary/aromatic N) is 2. The Morgan fingerprint density at radius 2 is 2.26 bits per heavy atom. The van der Waals surface area contributed by atoms with E-state index < -0.39 is 5.91 Å². The second kappa shape index (κ2) is 5.75. The van der Waals surface area contributed by atoms with Crippen LogP contribution in [0.25, 0.3) is 0 Å². The third kappa shape index (κ3) is 3.06. The molecule has 2 rings (SSSR count). The van der Waals surface area contributed by atoms with E-state index in [9.17, 15) is 4.79 Å². The molecule has 1 aromatic carbocycles. The number of carbonyl (C=O) groups is 1. The Labute approximate surface area is 116 Å². The zero-order valence-electron chi connectivity index (χ0n) is 10.6. The maximum Gasteiger partial charge on any atom is 0.250 e. The molecular formula is C13H15ClN4O. The zero-order chi connectivity index (χ0) is 13.8. The molecule has 0 fully saturated rings. The van der Waals surface area contributed by atoms with Gasteiger partial charge in [0.1, 0.15) is 0 Å². The standard InChI is InChI=1S/C13H15ClN4O/c1-2-18-10(5-6-17-18)8-16-9-3-4-11(13(15)19)12(14)7-9/h3-7,16H,2,8H2,1H3,(H2,15,19). The fourth-order valence-corrected chi connectivity index (χ4v) is 2.09. The van der Waals surface area contributed by atoms with E-state index in [-0.39, 0.29) is 0 Å². The van der Waals surface area contributed by atoms with Gasteiger partial charge in [-0.05, 0) is 31.2 Å². The molecule has 5 nitrogen and oxygen atoms in total. The van der Waals surface area contributed by atoms with Crippen molar-refractivity contribution >= 4 is 23.2 Å². The van der Waals surface area contributed by atoms with Crippen LogP contribution in [0, 0.1) is 0 Å². The van der Waals surface area contributed by atoms with E-state index in [1.165, 1.54) is 0 Å². The van der Waals surface area contributed by atoms with Crippen LogP contribution in [0.3, 0.4) is 0 Å². The molecule has 6 heteroatoms. The molecule has 0 bridgehead atoms. The second-order valence-corrected chi connectivity index (χ2v) is 4.46. The van der Waals surface area contributed by atoms with Crippen LogP contribution in [0.1, 0.15) is 23.0 Å². The van der Waals surface area contributed by atoms with Crippen molar-refractivity contribution < 1.29 is 4.79 Å². The SMILES string of the molecule is CCn1nccc1CNc1ccc(C(N)=O)c(Cl)c1. The highest BCUT2D eigenvalue weighted by atomic mass is 35.5. The predicted molar refractivity (Wildman–Crippen MR) is 75.2 cm³/mol. The Morgan fingerprint density at radius 1 is 1.47 bits per heavy atom. The molecule has 0 saturated heterocycles. The number of halogens is 1. The monoisotopic (exact) mass is 278 g/mol. The molecular weight excluding hydrogens is 264 g/mol. The molecule has 0 spiro atoms. The van der Waals surface area contributed by atoms with Gasteiger partial charge in [0.2, 0.25) is 5.91 Å². The van der Waals surface area contributed by atoms with Crippen LogP contribution >= 0.6 is 11.6 Å². The van der Waals surface area contributed by atoms with Crippen molar-refractivity contribution in [1.82, 2.24) is 9.78 Å². The first-order chi connectivity index (χ1) is 9.11. The van der Waals surface area contributed by atoms with Crippen LogP contribution < -0.4 is 11.1 Å². The third-order valence-corrected chi connectivity index (χ3v) is 3.12. The summed E-state index contributed by atoms with van der Waals surface area (Å²) < 4.78 is 1.91. The topological polar surface area (TPSA) is 72.9 Å². The minimum absolute atomic E-state index is 0.325. The summed E-state index contributed by atoms with van der Waals surface area (Å²) in [5, 5.41) is 7.77. The molecule has 0 aliphatic carbocycles. The van der Waals surface area contributed by atoms with Crippen LogP contribution in [0.4, 0.5) is 5.69 Å². The number of benzene rings is 1. The van der Waals surface area contributed by atoms with Crippen LogP contribution in [-0.4, -0.2) is 15.7 Å². The predicted octanol–water partition coefficient (Wildman–Crippen LogP) is 2.27. The van der Waals surface area contributed by atoms with Gasteiger partial charge in [-0.25, -0.2) is 0 Å². The van der Waals surface area contributed by atoms with Crippen molar-refractivity contribution in [3.63, 3.8) is 0 Å². The lowest BCUT2D eigenvalue weighted by Gasteiger charge is -2.09. The molecule has 0 aliphatic heterocycles. The van der Waals surface area contributed by atoms with Crippen LogP contribution in [-0.2, 0) is 13.1 Å². The first kappa shape index (κ1) is 13.4. The average Bonchev–Trinajstić information content (AvgIpc) is 2.83. The third-order valence-electron chi connectivity index (χ3n) is 2.81. The lowest BCUT2D eigenvalue weighted by atomic mass is 10.2. The van der Waals surface area contributed by atoms with Gasteiger partial charge in [0, 0.05) is 18.4 Å². The van der Waals surface area contributed by atoms with Crippen LogP contribution in [0.15, 0.2) is 30.5 Å². The van der Waals surface area contributed by atoms with Crippen molar-refractivity contribution in [2.24, 2.45) is 5.73 Å². The van der Waals surface area contributed by atoms with Gasteiger partial charge in [-0.2, -0.15) is 5.10 Å². The van der Waals surface area contributed by atoms with Gasteiger partial charge in [-0.3, -0.25) is 9.48 Å². The Balaban J connectivity index is 2.08. The Hall–Kier alpha value is -2.01. The van der Waals surface area contributed by atoms with Gasteiger partial charge >= 0.3 is 0 Å². The molecule has 100 valence electrons. The maximum atomic E-state index is 11.1. The van der Waals surface area contributed by atoms with E-state index in [0.29, 0.717) is 17.1 Å². The first-order valence-electron chi connectivity index (χ1n) is 5.95. The molecule has 0 radical (unpaired) electrons. The van der Waals surface area contributed by atoms with Gasteiger partial charge in [0.05, 0.1) is 22.8 Å². The summed E-state index contributed by atoms with van der Waals surface area (Å²) in [5.41, 5.74) is 7.44. The van der Waals surface area contributed by atoms with Crippen molar-refractivity contribution in [1.29, 1.82) is 0 Å². The Bertz CT molecular complexity index is 594. The highest BCUT2D eigenvalue weighted by Crippen LogP contribution is 2.21. The van der Waals surface area contributed by atoms with Gasteiger partial charge in [0.25, 0.3) is 0 Å². The fourth-order valence-electron chi connectivity index (χ4n) is 1.81. The minimum Gasteiger partial charge on any atom is -0.379 e. The molecule has 3 N–H and O–H groups in total. The van der Waals surface area contributed by atoms with Gasteiger partial charge in [-0.15, -0.1) is 0 Å². The smallest absolute Gasteiger partial charge is 0.250 e.